The molecule has 1 aliphatic heterocycles. The molecule has 1 heterocycles. The average molecular weight is 398 g/mol. The van der Waals surface area contributed by atoms with E-state index in [2.05, 4.69) is 4.74 Å². The molecule has 0 N–H and O–H groups in total. The third-order valence-electron chi connectivity index (χ3n) is 4.18. The zero-order valence-corrected chi connectivity index (χ0v) is 15.9. The van der Waals surface area contributed by atoms with Crippen molar-refractivity contribution in [3.05, 3.63) is 29.8 Å². The first-order valence-corrected chi connectivity index (χ1v) is 8.96. The van der Waals surface area contributed by atoms with Crippen LogP contribution in [0.2, 0.25) is 0 Å². The van der Waals surface area contributed by atoms with Crippen LogP contribution in [0.3, 0.4) is 0 Å². The van der Waals surface area contributed by atoms with Gasteiger partial charge in [-0.25, -0.2) is 4.79 Å². The minimum absolute atomic E-state index is 0.131. The van der Waals surface area contributed by atoms with E-state index >= 15 is 0 Å². The van der Waals surface area contributed by atoms with Crippen molar-refractivity contribution in [2.24, 2.45) is 0 Å². The Labute approximate surface area is 162 Å². The molecular weight excluding hydrogens is 374 g/mol. The Hall–Kier alpha value is -2.84. The lowest BCUT2D eigenvalue weighted by Crippen LogP contribution is -2.37. The maximum atomic E-state index is 12.7. The fraction of sp³-hybridized carbons (Fsp3) is 0.474. The van der Waals surface area contributed by atoms with E-state index in [0.717, 1.165) is 0 Å². The summed E-state index contributed by atoms with van der Waals surface area (Å²) in [6, 6.07) is 4.66. The minimum Gasteiger partial charge on any atom is -0.493 e. The SMILES string of the molecule is CCOC(=O)N1CCCN(C(=O)C=Cc2cccc(OC)c2OC(F)F)CC1. The number of halogens is 2. The Bertz CT molecular complexity index is 712. The molecule has 1 aromatic rings. The molecule has 0 atom stereocenters. The second-order valence-electron chi connectivity index (χ2n) is 5.96. The number of alkyl halides is 2. The zero-order chi connectivity index (χ0) is 20.5. The molecule has 2 amide bonds. The van der Waals surface area contributed by atoms with Gasteiger partial charge in [-0.3, -0.25) is 4.79 Å². The Morgan fingerprint density at radius 2 is 1.89 bits per heavy atom. The molecule has 1 aromatic carbocycles. The molecule has 154 valence electrons. The summed E-state index contributed by atoms with van der Waals surface area (Å²) in [6.45, 7) is 0.744. The van der Waals surface area contributed by atoms with Gasteiger partial charge in [-0.2, -0.15) is 8.78 Å². The van der Waals surface area contributed by atoms with Gasteiger partial charge in [-0.05, 0) is 25.5 Å². The van der Waals surface area contributed by atoms with Crippen molar-refractivity contribution in [3.8, 4) is 11.5 Å². The van der Waals surface area contributed by atoms with Crippen LogP contribution in [0.4, 0.5) is 13.6 Å². The molecule has 7 nitrogen and oxygen atoms in total. The number of benzene rings is 1. The summed E-state index contributed by atoms with van der Waals surface area (Å²) in [6.07, 6.45) is 2.94. The van der Waals surface area contributed by atoms with Crippen LogP contribution in [-0.2, 0) is 9.53 Å². The summed E-state index contributed by atoms with van der Waals surface area (Å²) in [7, 11) is 1.35. The number of carbonyl (C=O) groups excluding carboxylic acids is 2. The van der Waals surface area contributed by atoms with Gasteiger partial charge >= 0.3 is 12.7 Å². The maximum absolute atomic E-state index is 12.7. The number of nitrogens with zero attached hydrogens (tertiary/aromatic N) is 2. The first-order chi connectivity index (χ1) is 13.5. The largest absolute Gasteiger partial charge is 0.493 e. The second-order valence-corrected chi connectivity index (χ2v) is 5.96. The quantitative estimate of drug-likeness (QED) is 0.689. The first kappa shape index (κ1) is 21.5. The number of methoxy groups -OCH3 is 1. The third kappa shape index (κ3) is 5.83. The highest BCUT2D eigenvalue weighted by Gasteiger charge is 2.22. The van der Waals surface area contributed by atoms with Crippen LogP contribution in [0.5, 0.6) is 11.5 Å². The summed E-state index contributed by atoms with van der Waals surface area (Å²) in [4.78, 5) is 27.5. The summed E-state index contributed by atoms with van der Waals surface area (Å²) < 4.78 is 39.9. The van der Waals surface area contributed by atoms with E-state index in [0.29, 0.717) is 44.8 Å². The smallest absolute Gasteiger partial charge is 0.409 e. The first-order valence-electron chi connectivity index (χ1n) is 8.96. The Morgan fingerprint density at radius 3 is 2.57 bits per heavy atom. The van der Waals surface area contributed by atoms with Crippen molar-refractivity contribution in [2.45, 2.75) is 20.0 Å². The fourth-order valence-corrected chi connectivity index (χ4v) is 2.84. The molecule has 0 aromatic heterocycles. The van der Waals surface area contributed by atoms with Gasteiger partial charge in [0.05, 0.1) is 13.7 Å². The molecule has 0 spiro atoms. The molecule has 1 fully saturated rings. The fourth-order valence-electron chi connectivity index (χ4n) is 2.84. The van der Waals surface area contributed by atoms with E-state index in [1.807, 2.05) is 0 Å². The molecule has 0 saturated carbocycles. The molecule has 0 unspecified atom stereocenters. The predicted molar refractivity (Wildman–Crippen MR) is 98.5 cm³/mol. The van der Waals surface area contributed by atoms with Crippen LogP contribution >= 0.6 is 0 Å². The van der Waals surface area contributed by atoms with E-state index in [-0.39, 0.29) is 17.4 Å². The molecule has 0 aliphatic carbocycles. The van der Waals surface area contributed by atoms with Crippen LogP contribution in [0, 0.1) is 0 Å². The van der Waals surface area contributed by atoms with Gasteiger partial charge in [0.15, 0.2) is 11.5 Å². The van der Waals surface area contributed by atoms with Crippen LogP contribution in [0.1, 0.15) is 18.9 Å². The van der Waals surface area contributed by atoms with E-state index in [1.165, 1.54) is 25.3 Å². The standard InChI is InChI=1S/C19H24F2N2O5/c1-3-27-19(25)23-11-5-10-22(12-13-23)16(24)9-8-14-6-4-7-15(26-2)17(14)28-18(20)21/h4,6-9,18H,3,5,10-13H2,1-2H3. The van der Waals surface area contributed by atoms with Crippen LogP contribution in [0.25, 0.3) is 6.08 Å². The van der Waals surface area contributed by atoms with E-state index in [4.69, 9.17) is 9.47 Å². The normalized spacial score (nSPS) is 14.9. The summed E-state index contributed by atoms with van der Waals surface area (Å²) in [5.41, 5.74) is 0.302. The van der Waals surface area contributed by atoms with Crippen LogP contribution < -0.4 is 9.47 Å². The van der Waals surface area contributed by atoms with Crippen molar-refractivity contribution in [2.75, 3.05) is 39.9 Å². The Balaban J connectivity index is 2.06. The van der Waals surface area contributed by atoms with Crippen LogP contribution in [0.15, 0.2) is 24.3 Å². The highest BCUT2D eigenvalue weighted by Crippen LogP contribution is 2.33. The average Bonchev–Trinajstić information content (AvgIpc) is 2.93. The van der Waals surface area contributed by atoms with Crippen molar-refractivity contribution in [1.29, 1.82) is 0 Å². The molecule has 28 heavy (non-hydrogen) atoms. The van der Waals surface area contributed by atoms with Crippen LogP contribution in [-0.4, -0.2) is 68.3 Å². The van der Waals surface area contributed by atoms with Gasteiger partial charge in [0.2, 0.25) is 5.91 Å². The summed E-state index contributed by atoms with van der Waals surface area (Å²) >= 11 is 0. The number of amides is 2. The van der Waals surface area contributed by atoms with Gasteiger partial charge < -0.3 is 24.0 Å². The van der Waals surface area contributed by atoms with E-state index in [9.17, 15) is 18.4 Å². The monoisotopic (exact) mass is 398 g/mol. The highest BCUT2D eigenvalue weighted by molar-refractivity contribution is 5.92. The molecule has 2 rings (SSSR count). The molecule has 0 radical (unpaired) electrons. The lowest BCUT2D eigenvalue weighted by atomic mass is 10.1. The van der Waals surface area contributed by atoms with Gasteiger partial charge in [-0.1, -0.05) is 12.1 Å². The van der Waals surface area contributed by atoms with E-state index < -0.39 is 12.7 Å². The number of ether oxygens (including phenoxy) is 3. The van der Waals surface area contributed by atoms with Gasteiger partial charge in [0, 0.05) is 37.8 Å². The summed E-state index contributed by atoms with van der Waals surface area (Å²) in [5.74, 6) is -0.264. The van der Waals surface area contributed by atoms with Gasteiger partial charge in [-0.15, -0.1) is 0 Å². The third-order valence-corrected chi connectivity index (χ3v) is 4.18. The Morgan fingerprint density at radius 1 is 1.18 bits per heavy atom. The van der Waals surface area contributed by atoms with Crippen molar-refractivity contribution in [3.63, 3.8) is 0 Å². The zero-order valence-electron chi connectivity index (χ0n) is 15.9. The number of rotatable bonds is 6. The minimum atomic E-state index is -3.02. The number of hydrogen-bond acceptors (Lipinski definition) is 5. The maximum Gasteiger partial charge on any atom is 0.409 e. The van der Waals surface area contributed by atoms with Gasteiger partial charge in [0.25, 0.3) is 0 Å². The number of para-hydroxylation sites is 1. The van der Waals surface area contributed by atoms with Gasteiger partial charge in [0.1, 0.15) is 0 Å². The molecule has 1 saturated heterocycles. The molecule has 0 bridgehead atoms. The van der Waals surface area contributed by atoms with Crippen molar-refractivity contribution >= 4 is 18.1 Å². The number of hydrogen-bond donors (Lipinski definition) is 0. The lowest BCUT2D eigenvalue weighted by Gasteiger charge is -2.20. The van der Waals surface area contributed by atoms with Crippen molar-refractivity contribution < 1.29 is 32.6 Å². The second kappa shape index (κ2) is 10.5. The molecular formula is C19H24F2N2O5. The Kier molecular flexibility index (Phi) is 8.03. The molecule has 1 aliphatic rings. The number of carbonyl (C=O) groups is 2. The van der Waals surface area contributed by atoms with E-state index in [1.54, 1.807) is 28.9 Å². The van der Waals surface area contributed by atoms with Crippen molar-refractivity contribution in [1.82, 2.24) is 9.80 Å². The highest BCUT2D eigenvalue weighted by atomic mass is 19.3. The molecule has 9 heteroatoms. The topological polar surface area (TPSA) is 68.3 Å². The predicted octanol–water partition coefficient (Wildman–Crippen LogP) is 3.00. The lowest BCUT2D eigenvalue weighted by molar-refractivity contribution is -0.125. The summed E-state index contributed by atoms with van der Waals surface area (Å²) in [5, 5.41) is 0.